The van der Waals surface area contributed by atoms with Gasteiger partial charge in [-0.2, -0.15) is 4.94 Å². The SMILES string of the molecule is FOC1CC(F)C(OC(F)(F)F)C(F)C1. The average molecular weight is 238 g/mol. The Morgan fingerprint density at radius 3 is 1.80 bits per heavy atom. The van der Waals surface area contributed by atoms with Crippen LogP contribution in [0.4, 0.5) is 26.5 Å². The van der Waals surface area contributed by atoms with Crippen LogP contribution in [0.2, 0.25) is 0 Å². The standard InChI is InChI=1S/C7H8F6O2/c8-4-1-3(15-13)2-5(9)6(4)14-7(10,11)12/h3-6H,1-2H2. The fourth-order valence-corrected chi connectivity index (χ4v) is 1.47. The third-order valence-electron chi connectivity index (χ3n) is 2.08. The lowest BCUT2D eigenvalue weighted by Gasteiger charge is -2.32. The van der Waals surface area contributed by atoms with Gasteiger partial charge < -0.3 is 0 Å². The van der Waals surface area contributed by atoms with Gasteiger partial charge in [0.1, 0.15) is 24.6 Å². The molecule has 1 saturated carbocycles. The van der Waals surface area contributed by atoms with Crippen molar-refractivity contribution < 1.29 is 36.2 Å². The first-order valence-electron chi connectivity index (χ1n) is 4.13. The highest BCUT2D eigenvalue weighted by Crippen LogP contribution is 2.33. The lowest BCUT2D eigenvalue weighted by molar-refractivity contribution is -0.361. The highest BCUT2D eigenvalue weighted by atomic mass is 19.4. The highest BCUT2D eigenvalue weighted by Gasteiger charge is 2.46. The number of hydrogen-bond acceptors (Lipinski definition) is 2. The Morgan fingerprint density at radius 2 is 1.47 bits per heavy atom. The summed E-state index contributed by atoms with van der Waals surface area (Å²) in [5.41, 5.74) is 0. The first-order chi connectivity index (χ1) is 6.83. The van der Waals surface area contributed by atoms with E-state index in [4.69, 9.17) is 0 Å². The second kappa shape index (κ2) is 4.56. The van der Waals surface area contributed by atoms with Gasteiger partial charge in [-0.05, 0) is 4.53 Å². The Kier molecular flexibility index (Phi) is 3.82. The van der Waals surface area contributed by atoms with E-state index in [1.807, 2.05) is 0 Å². The Balaban J connectivity index is 2.58. The first-order valence-corrected chi connectivity index (χ1v) is 4.13. The van der Waals surface area contributed by atoms with Gasteiger partial charge in [-0.25, -0.2) is 8.78 Å². The van der Waals surface area contributed by atoms with Crippen molar-refractivity contribution in [2.75, 3.05) is 0 Å². The maximum absolute atomic E-state index is 13.0. The molecule has 1 aliphatic carbocycles. The van der Waals surface area contributed by atoms with E-state index in [1.54, 1.807) is 0 Å². The minimum absolute atomic E-state index is 0.655. The molecule has 2 unspecified atom stereocenters. The molecule has 90 valence electrons. The van der Waals surface area contributed by atoms with Gasteiger partial charge in [-0.15, -0.1) is 13.2 Å². The van der Waals surface area contributed by atoms with Crippen LogP contribution in [0.15, 0.2) is 0 Å². The van der Waals surface area contributed by atoms with Crippen molar-refractivity contribution in [2.24, 2.45) is 0 Å². The zero-order chi connectivity index (χ0) is 11.6. The van der Waals surface area contributed by atoms with Crippen molar-refractivity contribution in [2.45, 2.75) is 43.8 Å². The normalized spacial score (nSPS) is 38.0. The van der Waals surface area contributed by atoms with E-state index >= 15 is 0 Å². The van der Waals surface area contributed by atoms with Crippen molar-refractivity contribution in [3.05, 3.63) is 0 Å². The Hall–Kier alpha value is -0.500. The van der Waals surface area contributed by atoms with Gasteiger partial charge >= 0.3 is 6.36 Å². The number of alkyl halides is 5. The third-order valence-corrected chi connectivity index (χ3v) is 2.08. The summed E-state index contributed by atoms with van der Waals surface area (Å²) in [7, 11) is 0. The molecular weight excluding hydrogens is 230 g/mol. The van der Waals surface area contributed by atoms with E-state index in [0.29, 0.717) is 0 Å². The molecule has 2 atom stereocenters. The van der Waals surface area contributed by atoms with Gasteiger partial charge in [0.15, 0.2) is 0 Å². The molecule has 0 heterocycles. The fourth-order valence-electron chi connectivity index (χ4n) is 1.47. The van der Waals surface area contributed by atoms with Gasteiger partial charge in [-0.1, -0.05) is 0 Å². The van der Waals surface area contributed by atoms with Crippen LogP contribution in [0.25, 0.3) is 0 Å². The van der Waals surface area contributed by atoms with Crippen LogP contribution < -0.4 is 0 Å². The molecule has 1 rings (SSSR count). The molecule has 0 radical (unpaired) electrons. The molecule has 0 aromatic rings. The zero-order valence-electron chi connectivity index (χ0n) is 7.31. The second-order valence-electron chi connectivity index (χ2n) is 3.24. The number of hydrogen-bond donors (Lipinski definition) is 0. The predicted octanol–water partition coefficient (Wildman–Crippen LogP) is 2.63. The number of halogens is 6. The molecule has 2 nitrogen and oxygen atoms in total. The largest absolute Gasteiger partial charge is 0.522 e. The van der Waals surface area contributed by atoms with Crippen LogP contribution in [0.3, 0.4) is 0 Å². The summed E-state index contributed by atoms with van der Waals surface area (Å²) in [4.78, 5) is 3.19. The van der Waals surface area contributed by atoms with Crippen molar-refractivity contribution in [3.8, 4) is 0 Å². The van der Waals surface area contributed by atoms with Crippen LogP contribution in [0, 0.1) is 0 Å². The lowest BCUT2D eigenvalue weighted by Crippen LogP contribution is -2.46. The summed E-state index contributed by atoms with van der Waals surface area (Å²) in [6.07, 6.45) is -14.5. The van der Waals surface area contributed by atoms with Crippen molar-refractivity contribution in [3.63, 3.8) is 0 Å². The molecule has 0 amide bonds. The maximum Gasteiger partial charge on any atom is 0.522 e. The van der Waals surface area contributed by atoms with E-state index in [0.717, 1.165) is 0 Å². The minimum atomic E-state index is -5.11. The van der Waals surface area contributed by atoms with Gasteiger partial charge in [0.25, 0.3) is 0 Å². The zero-order valence-corrected chi connectivity index (χ0v) is 7.31. The molecular formula is C7H8F6O2. The molecule has 0 spiro atoms. The molecule has 8 heteroatoms. The fraction of sp³-hybridized carbons (Fsp3) is 1.00. The van der Waals surface area contributed by atoms with Crippen LogP contribution in [-0.2, 0) is 9.68 Å². The molecule has 15 heavy (non-hydrogen) atoms. The molecule has 0 aromatic carbocycles. The van der Waals surface area contributed by atoms with Gasteiger partial charge in [0, 0.05) is 12.8 Å². The van der Waals surface area contributed by atoms with Crippen LogP contribution in [-0.4, -0.2) is 30.9 Å². The van der Waals surface area contributed by atoms with Crippen molar-refractivity contribution in [1.29, 1.82) is 0 Å². The van der Waals surface area contributed by atoms with Gasteiger partial charge in [0.2, 0.25) is 0 Å². The highest BCUT2D eigenvalue weighted by molar-refractivity contribution is 4.88. The summed E-state index contributed by atoms with van der Waals surface area (Å²) >= 11 is 0. The van der Waals surface area contributed by atoms with E-state index in [9.17, 15) is 26.5 Å². The van der Waals surface area contributed by atoms with E-state index < -0.39 is 43.8 Å². The van der Waals surface area contributed by atoms with Gasteiger partial charge in [0.05, 0.1) is 0 Å². The summed E-state index contributed by atoms with van der Waals surface area (Å²) in [5.74, 6) is 0. The number of rotatable bonds is 2. The van der Waals surface area contributed by atoms with E-state index in [2.05, 4.69) is 9.68 Å². The third kappa shape index (κ3) is 3.53. The molecule has 1 aliphatic rings. The second-order valence-corrected chi connectivity index (χ2v) is 3.24. The molecule has 0 saturated heterocycles. The summed E-state index contributed by atoms with van der Waals surface area (Å²) in [5, 5.41) is 0. The monoisotopic (exact) mass is 238 g/mol. The molecule has 0 N–H and O–H groups in total. The molecule has 0 aliphatic heterocycles. The molecule has 0 aromatic heterocycles. The average Bonchev–Trinajstić information content (AvgIpc) is 2.09. The summed E-state index contributed by atoms with van der Waals surface area (Å²) < 4.78 is 75.9. The van der Waals surface area contributed by atoms with E-state index in [1.165, 1.54) is 0 Å². The van der Waals surface area contributed by atoms with Crippen LogP contribution >= 0.6 is 0 Å². The summed E-state index contributed by atoms with van der Waals surface area (Å²) in [6.45, 7) is 0. The molecule has 0 bridgehead atoms. The Bertz CT molecular complexity index is 196. The van der Waals surface area contributed by atoms with Crippen LogP contribution in [0.5, 0.6) is 0 Å². The minimum Gasteiger partial charge on any atom is -0.282 e. The van der Waals surface area contributed by atoms with Crippen molar-refractivity contribution in [1.82, 2.24) is 0 Å². The maximum atomic E-state index is 13.0. The van der Waals surface area contributed by atoms with E-state index in [-0.39, 0.29) is 0 Å². The topological polar surface area (TPSA) is 18.5 Å². The molecule has 1 fully saturated rings. The number of ether oxygens (including phenoxy) is 1. The van der Waals surface area contributed by atoms with Crippen LogP contribution in [0.1, 0.15) is 12.8 Å². The Morgan fingerprint density at radius 1 is 1.00 bits per heavy atom. The first kappa shape index (κ1) is 12.6. The van der Waals surface area contributed by atoms with Gasteiger partial charge in [-0.3, -0.25) is 4.74 Å². The van der Waals surface area contributed by atoms with Crippen molar-refractivity contribution >= 4 is 0 Å². The smallest absolute Gasteiger partial charge is 0.282 e. The lowest BCUT2D eigenvalue weighted by atomic mass is 9.92. The quantitative estimate of drug-likeness (QED) is 0.688. The Labute approximate surface area is 81.0 Å². The summed E-state index contributed by atoms with van der Waals surface area (Å²) in [6, 6.07) is 0. The predicted molar refractivity (Wildman–Crippen MR) is 35.9 cm³/mol.